The Morgan fingerprint density at radius 2 is 1.88 bits per heavy atom. The topological polar surface area (TPSA) is 47.6 Å². The predicted molar refractivity (Wildman–Crippen MR) is 94.2 cm³/mol. The van der Waals surface area contributed by atoms with Gasteiger partial charge in [-0.2, -0.15) is 0 Å². The van der Waals surface area contributed by atoms with E-state index in [0.29, 0.717) is 16.1 Å². The Balaban J connectivity index is 2.37. The fraction of sp³-hybridized carbons (Fsp3) is 0.471. The maximum Gasteiger partial charge on any atom is 0.492 e. The molecule has 1 amide bonds. The van der Waals surface area contributed by atoms with E-state index in [1.807, 2.05) is 27.7 Å². The highest BCUT2D eigenvalue weighted by atomic mass is 35.5. The Hall–Kier alpha value is -1.37. The molecule has 0 unspecified atom stereocenters. The van der Waals surface area contributed by atoms with Crippen LogP contribution in [0.5, 0.6) is 0 Å². The maximum absolute atomic E-state index is 13.5. The summed E-state index contributed by atoms with van der Waals surface area (Å²) in [7, 11) is -0.652. The summed E-state index contributed by atoms with van der Waals surface area (Å²) in [6.07, 6.45) is 1.70. The maximum atomic E-state index is 13.5. The van der Waals surface area contributed by atoms with Crippen molar-refractivity contribution in [1.29, 1.82) is 0 Å². The van der Waals surface area contributed by atoms with Crippen LogP contribution in [0, 0.1) is 5.82 Å². The fourth-order valence-electron chi connectivity index (χ4n) is 2.25. The summed E-state index contributed by atoms with van der Waals surface area (Å²) >= 11 is 6.14. The Bertz CT molecular complexity index is 660. The van der Waals surface area contributed by atoms with Crippen molar-refractivity contribution >= 4 is 30.7 Å². The molecule has 130 valence electrons. The molecule has 1 fully saturated rings. The second-order valence-electron chi connectivity index (χ2n) is 6.88. The first kappa shape index (κ1) is 19.0. The number of amides is 1. The third-order valence-corrected chi connectivity index (χ3v) is 4.74. The summed E-state index contributed by atoms with van der Waals surface area (Å²) in [6.45, 7) is 9.42. The van der Waals surface area contributed by atoms with E-state index in [9.17, 15) is 9.18 Å². The van der Waals surface area contributed by atoms with Crippen molar-refractivity contribution < 1.29 is 18.5 Å². The first-order chi connectivity index (χ1) is 11.0. The van der Waals surface area contributed by atoms with Gasteiger partial charge in [0.25, 0.3) is 0 Å². The van der Waals surface area contributed by atoms with E-state index in [-0.39, 0.29) is 12.5 Å². The van der Waals surface area contributed by atoms with Gasteiger partial charge in [0.05, 0.1) is 11.2 Å². The van der Waals surface area contributed by atoms with E-state index < -0.39 is 24.1 Å². The third-order valence-electron chi connectivity index (χ3n) is 4.40. The molecule has 0 saturated carbocycles. The van der Waals surface area contributed by atoms with Gasteiger partial charge in [0.2, 0.25) is 5.91 Å². The molecule has 1 aliphatic rings. The lowest BCUT2D eigenvalue weighted by atomic mass is 9.77. The van der Waals surface area contributed by atoms with Gasteiger partial charge in [-0.05, 0) is 56.9 Å². The minimum atomic E-state index is -0.652. The van der Waals surface area contributed by atoms with Gasteiger partial charge in [0, 0.05) is 18.5 Å². The molecule has 1 aromatic rings. The minimum Gasteiger partial charge on any atom is -0.400 e. The molecular weight excluding hydrogens is 331 g/mol. The number of halogens is 2. The molecule has 0 atom stereocenters. The Morgan fingerprint density at radius 3 is 2.42 bits per heavy atom. The van der Waals surface area contributed by atoms with Crippen LogP contribution in [0.4, 0.5) is 4.39 Å². The molecule has 0 radical (unpaired) electrons. The first-order valence-corrected chi connectivity index (χ1v) is 8.15. The number of carbonyl (C=O) groups is 1. The van der Waals surface area contributed by atoms with Crippen LogP contribution in [-0.2, 0) is 14.1 Å². The standard InChI is InChI=1S/C17H22BClFNO3/c1-11(22)21-10-13(8-12-9-14(20)6-7-15(12)19)18-23-16(2,3)17(4,5)24-18/h6-9H,10H2,1-5H3,(H,21,22). The molecule has 4 nitrogen and oxygen atoms in total. The van der Waals surface area contributed by atoms with Gasteiger partial charge >= 0.3 is 7.12 Å². The summed E-state index contributed by atoms with van der Waals surface area (Å²) in [5.74, 6) is -0.568. The van der Waals surface area contributed by atoms with E-state index in [4.69, 9.17) is 20.9 Å². The quantitative estimate of drug-likeness (QED) is 0.841. The van der Waals surface area contributed by atoms with Crippen molar-refractivity contribution in [2.45, 2.75) is 45.8 Å². The van der Waals surface area contributed by atoms with Crippen LogP contribution in [0.3, 0.4) is 0 Å². The van der Waals surface area contributed by atoms with Gasteiger partial charge < -0.3 is 14.6 Å². The molecule has 2 rings (SSSR count). The molecule has 1 saturated heterocycles. The fourth-order valence-corrected chi connectivity index (χ4v) is 2.42. The second kappa shape index (κ2) is 6.86. The number of nitrogens with one attached hydrogen (secondary N) is 1. The Morgan fingerprint density at radius 1 is 1.29 bits per heavy atom. The molecule has 1 N–H and O–H groups in total. The monoisotopic (exact) mass is 353 g/mol. The second-order valence-corrected chi connectivity index (χ2v) is 7.29. The number of hydrogen-bond donors (Lipinski definition) is 1. The lowest BCUT2D eigenvalue weighted by Crippen LogP contribution is -2.41. The van der Waals surface area contributed by atoms with Gasteiger partial charge in [-0.25, -0.2) is 4.39 Å². The highest BCUT2D eigenvalue weighted by Crippen LogP contribution is 2.39. The average molecular weight is 354 g/mol. The number of rotatable bonds is 4. The summed E-state index contributed by atoms with van der Waals surface area (Å²) in [5, 5.41) is 3.14. The average Bonchev–Trinajstić information content (AvgIpc) is 2.66. The Kier molecular flexibility index (Phi) is 5.42. The van der Waals surface area contributed by atoms with E-state index in [1.54, 1.807) is 6.08 Å². The van der Waals surface area contributed by atoms with Crippen LogP contribution in [0.2, 0.25) is 5.02 Å². The van der Waals surface area contributed by atoms with E-state index >= 15 is 0 Å². The van der Waals surface area contributed by atoms with Crippen molar-refractivity contribution in [2.24, 2.45) is 0 Å². The summed E-state index contributed by atoms with van der Waals surface area (Å²) in [6, 6.07) is 4.12. The summed E-state index contributed by atoms with van der Waals surface area (Å²) < 4.78 is 25.6. The highest BCUT2D eigenvalue weighted by Gasteiger charge is 2.52. The van der Waals surface area contributed by atoms with Crippen LogP contribution in [-0.4, -0.2) is 30.8 Å². The van der Waals surface area contributed by atoms with Crippen molar-refractivity contribution in [1.82, 2.24) is 5.32 Å². The van der Waals surface area contributed by atoms with E-state index in [0.717, 1.165) is 0 Å². The molecule has 7 heteroatoms. The van der Waals surface area contributed by atoms with Crippen molar-refractivity contribution in [3.8, 4) is 0 Å². The van der Waals surface area contributed by atoms with Crippen LogP contribution in [0.15, 0.2) is 23.7 Å². The lowest BCUT2D eigenvalue weighted by Gasteiger charge is -2.32. The van der Waals surface area contributed by atoms with Crippen LogP contribution >= 0.6 is 11.6 Å². The SMILES string of the molecule is CC(=O)NCC(=Cc1cc(F)ccc1Cl)B1OC(C)(C)C(C)(C)O1. The van der Waals surface area contributed by atoms with Gasteiger partial charge in [-0.15, -0.1) is 0 Å². The summed E-state index contributed by atoms with van der Waals surface area (Å²) in [5.41, 5.74) is 0.139. The van der Waals surface area contributed by atoms with Crippen molar-refractivity contribution in [3.63, 3.8) is 0 Å². The number of carbonyl (C=O) groups excluding carboxylic acids is 1. The lowest BCUT2D eigenvalue weighted by molar-refractivity contribution is -0.118. The van der Waals surface area contributed by atoms with Crippen LogP contribution in [0.1, 0.15) is 40.2 Å². The van der Waals surface area contributed by atoms with Gasteiger partial charge in [0.15, 0.2) is 0 Å². The normalized spacial score (nSPS) is 19.5. The first-order valence-electron chi connectivity index (χ1n) is 7.77. The molecule has 1 aromatic carbocycles. The molecule has 0 spiro atoms. The van der Waals surface area contributed by atoms with E-state index in [1.165, 1.54) is 25.1 Å². The molecular formula is C17H22BClFNO3. The van der Waals surface area contributed by atoms with Gasteiger partial charge in [0.1, 0.15) is 5.82 Å². The molecule has 0 aliphatic carbocycles. The predicted octanol–water partition coefficient (Wildman–Crippen LogP) is 3.63. The van der Waals surface area contributed by atoms with Gasteiger partial charge in [-0.1, -0.05) is 17.7 Å². The zero-order valence-electron chi connectivity index (χ0n) is 14.6. The minimum absolute atomic E-state index is 0.178. The summed E-state index contributed by atoms with van der Waals surface area (Å²) in [4.78, 5) is 11.3. The largest absolute Gasteiger partial charge is 0.492 e. The molecule has 24 heavy (non-hydrogen) atoms. The molecule has 0 aromatic heterocycles. The number of hydrogen-bond acceptors (Lipinski definition) is 3. The smallest absolute Gasteiger partial charge is 0.400 e. The van der Waals surface area contributed by atoms with Crippen LogP contribution in [0.25, 0.3) is 6.08 Å². The molecule has 0 bridgehead atoms. The highest BCUT2D eigenvalue weighted by molar-refractivity contribution is 6.56. The molecule has 1 aliphatic heterocycles. The van der Waals surface area contributed by atoms with Gasteiger partial charge in [-0.3, -0.25) is 4.79 Å². The van der Waals surface area contributed by atoms with Crippen molar-refractivity contribution in [2.75, 3.05) is 6.54 Å². The zero-order valence-corrected chi connectivity index (χ0v) is 15.3. The Labute approximate surface area is 147 Å². The third kappa shape index (κ3) is 4.18. The van der Waals surface area contributed by atoms with E-state index in [2.05, 4.69) is 5.32 Å². The van der Waals surface area contributed by atoms with Crippen molar-refractivity contribution in [3.05, 3.63) is 40.1 Å². The zero-order chi connectivity index (χ0) is 18.1. The number of benzene rings is 1. The van der Waals surface area contributed by atoms with Crippen LogP contribution < -0.4 is 5.32 Å². The molecule has 1 heterocycles.